The van der Waals surface area contributed by atoms with Crippen molar-refractivity contribution in [2.24, 2.45) is 0 Å². The fourth-order valence-corrected chi connectivity index (χ4v) is 4.48. The van der Waals surface area contributed by atoms with E-state index in [1.54, 1.807) is 24.3 Å². The first-order valence-corrected chi connectivity index (χ1v) is 10.4. The quantitative estimate of drug-likeness (QED) is 0.556. The lowest BCUT2D eigenvalue weighted by Gasteiger charge is -2.36. The SMILES string of the molecule is C=CCOC(=O)C1=C(C)NC2=C(C(=O)C[C@@H](c3ccccc3)C2)[C@H]1c1ccc(O)cc1. The third-order valence-corrected chi connectivity index (χ3v) is 5.88. The number of ketones is 1. The number of aromatic hydroxyl groups is 1. The highest BCUT2D eigenvalue weighted by Gasteiger charge is 2.41. The van der Waals surface area contributed by atoms with Crippen molar-refractivity contribution in [2.75, 3.05) is 6.61 Å². The van der Waals surface area contributed by atoms with Crippen LogP contribution in [0.1, 0.15) is 42.7 Å². The Bertz CT molecular complexity index is 1080. The van der Waals surface area contributed by atoms with Crippen LogP contribution in [0, 0.1) is 0 Å². The fraction of sp³-hybridized carbons (Fsp3) is 0.231. The molecule has 1 aliphatic carbocycles. The summed E-state index contributed by atoms with van der Waals surface area (Å²) in [4.78, 5) is 26.3. The van der Waals surface area contributed by atoms with E-state index in [9.17, 15) is 14.7 Å². The summed E-state index contributed by atoms with van der Waals surface area (Å²) < 4.78 is 5.34. The van der Waals surface area contributed by atoms with E-state index in [1.807, 2.05) is 37.3 Å². The summed E-state index contributed by atoms with van der Waals surface area (Å²) in [6.45, 7) is 5.52. The van der Waals surface area contributed by atoms with Gasteiger partial charge in [-0.3, -0.25) is 4.79 Å². The Hall–Kier alpha value is -3.60. The maximum atomic E-state index is 13.4. The minimum absolute atomic E-state index is 0.0159. The molecule has 1 heterocycles. The van der Waals surface area contributed by atoms with Gasteiger partial charge in [0.25, 0.3) is 0 Å². The van der Waals surface area contributed by atoms with Crippen LogP contribution < -0.4 is 5.32 Å². The van der Waals surface area contributed by atoms with E-state index in [0.29, 0.717) is 29.7 Å². The summed E-state index contributed by atoms with van der Waals surface area (Å²) in [6, 6.07) is 16.7. The molecule has 0 fully saturated rings. The van der Waals surface area contributed by atoms with Gasteiger partial charge in [0.2, 0.25) is 0 Å². The lowest BCUT2D eigenvalue weighted by Crippen LogP contribution is -2.36. The van der Waals surface area contributed by atoms with Gasteiger partial charge in [0.05, 0.1) is 5.57 Å². The molecule has 2 N–H and O–H groups in total. The number of ether oxygens (including phenoxy) is 1. The molecule has 158 valence electrons. The van der Waals surface area contributed by atoms with Gasteiger partial charge in [-0.25, -0.2) is 4.79 Å². The molecule has 0 unspecified atom stereocenters. The second kappa shape index (κ2) is 8.64. The zero-order valence-corrected chi connectivity index (χ0v) is 17.4. The Morgan fingerprint density at radius 2 is 1.84 bits per heavy atom. The van der Waals surface area contributed by atoms with Crippen LogP contribution in [0.3, 0.4) is 0 Å². The van der Waals surface area contributed by atoms with Crippen molar-refractivity contribution < 1.29 is 19.4 Å². The van der Waals surface area contributed by atoms with Crippen molar-refractivity contribution in [1.29, 1.82) is 0 Å². The third-order valence-electron chi connectivity index (χ3n) is 5.88. The van der Waals surface area contributed by atoms with Crippen LogP contribution >= 0.6 is 0 Å². The number of phenols is 1. The second-order valence-electron chi connectivity index (χ2n) is 7.91. The van der Waals surface area contributed by atoms with Gasteiger partial charge in [-0.15, -0.1) is 0 Å². The van der Waals surface area contributed by atoms with Gasteiger partial charge in [-0.1, -0.05) is 55.1 Å². The molecule has 0 radical (unpaired) electrons. The predicted molar refractivity (Wildman–Crippen MR) is 118 cm³/mol. The van der Waals surface area contributed by atoms with Crippen molar-refractivity contribution in [3.05, 3.63) is 101 Å². The first-order valence-electron chi connectivity index (χ1n) is 10.4. The Morgan fingerprint density at radius 3 is 2.52 bits per heavy atom. The standard InChI is InChI=1S/C26H25NO4/c1-3-13-31-26(30)23-16(2)27-21-14-19(17-7-5-4-6-8-17)15-22(29)25(21)24(23)18-9-11-20(28)12-10-18/h3-12,19,24,27-28H,1,13-15H2,2H3/t19-,24-/m0/s1. The van der Waals surface area contributed by atoms with E-state index in [4.69, 9.17) is 4.74 Å². The average molecular weight is 415 g/mol. The van der Waals surface area contributed by atoms with Crippen LogP contribution in [-0.4, -0.2) is 23.5 Å². The lowest BCUT2D eigenvalue weighted by molar-refractivity contribution is -0.138. The highest BCUT2D eigenvalue weighted by molar-refractivity contribution is 6.04. The number of hydrogen-bond donors (Lipinski definition) is 2. The fourth-order valence-electron chi connectivity index (χ4n) is 4.48. The summed E-state index contributed by atoms with van der Waals surface area (Å²) in [5.74, 6) is -0.793. The molecule has 31 heavy (non-hydrogen) atoms. The minimum Gasteiger partial charge on any atom is -0.508 e. The number of rotatable bonds is 5. The van der Waals surface area contributed by atoms with Crippen LogP contribution in [0.2, 0.25) is 0 Å². The molecule has 0 spiro atoms. The van der Waals surface area contributed by atoms with E-state index < -0.39 is 11.9 Å². The van der Waals surface area contributed by atoms with Gasteiger partial charge in [-0.2, -0.15) is 0 Å². The molecule has 2 aromatic carbocycles. The Balaban J connectivity index is 1.78. The van der Waals surface area contributed by atoms with Crippen molar-refractivity contribution in [2.45, 2.75) is 31.6 Å². The zero-order valence-electron chi connectivity index (χ0n) is 17.4. The first-order chi connectivity index (χ1) is 15.0. The monoisotopic (exact) mass is 415 g/mol. The Labute approximate surface area is 181 Å². The third kappa shape index (κ3) is 4.04. The van der Waals surface area contributed by atoms with Crippen LogP contribution in [0.25, 0.3) is 0 Å². The molecule has 2 atom stereocenters. The Morgan fingerprint density at radius 1 is 1.13 bits per heavy atom. The molecule has 2 aliphatic rings. The molecule has 0 bridgehead atoms. The molecule has 2 aromatic rings. The van der Waals surface area contributed by atoms with Crippen LogP contribution in [0.15, 0.2) is 89.8 Å². The van der Waals surface area contributed by atoms with Gasteiger partial charge in [-0.05, 0) is 42.5 Å². The van der Waals surface area contributed by atoms with Crippen LogP contribution in [0.4, 0.5) is 0 Å². The molecule has 0 amide bonds. The van der Waals surface area contributed by atoms with E-state index in [0.717, 1.165) is 16.8 Å². The van der Waals surface area contributed by atoms with E-state index in [2.05, 4.69) is 11.9 Å². The molecular weight excluding hydrogens is 390 g/mol. The summed E-state index contributed by atoms with van der Waals surface area (Å²) >= 11 is 0. The Kier molecular flexibility index (Phi) is 5.76. The van der Waals surface area contributed by atoms with E-state index in [-0.39, 0.29) is 24.1 Å². The molecule has 5 heteroatoms. The summed E-state index contributed by atoms with van der Waals surface area (Å²) in [6.07, 6.45) is 2.58. The average Bonchev–Trinajstić information content (AvgIpc) is 2.77. The molecule has 5 nitrogen and oxygen atoms in total. The van der Waals surface area contributed by atoms with Crippen molar-refractivity contribution in [3.63, 3.8) is 0 Å². The number of hydrogen-bond acceptors (Lipinski definition) is 5. The summed E-state index contributed by atoms with van der Waals surface area (Å²) in [5, 5.41) is 13.1. The smallest absolute Gasteiger partial charge is 0.337 e. The number of Topliss-reactive ketones (excluding diaryl/α,β-unsaturated/α-hetero) is 1. The van der Waals surface area contributed by atoms with Crippen molar-refractivity contribution in [3.8, 4) is 5.75 Å². The number of benzene rings is 2. The minimum atomic E-state index is -0.543. The van der Waals surface area contributed by atoms with Crippen molar-refractivity contribution in [1.82, 2.24) is 5.32 Å². The molecule has 1 aliphatic heterocycles. The second-order valence-corrected chi connectivity index (χ2v) is 7.91. The zero-order chi connectivity index (χ0) is 22.0. The number of carbonyl (C=O) groups is 2. The summed E-state index contributed by atoms with van der Waals surface area (Å²) in [5.41, 5.74) is 4.44. The van der Waals surface area contributed by atoms with E-state index >= 15 is 0 Å². The number of allylic oxidation sites excluding steroid dienone is 3. The van der Waals surface area contributed by atoms with Gasteiger partial charge < -0.3 is 15.2 Å². The van der Waals surface area contributed by atoms with E-state index in [1.165, 1.54) is 6.08 Å². The number of nitrogens with one attached hydrogen (secondary N) is 1. The van der Waals surface area contributed by atoms with Gasteiger partial charge in [0.1, 0.15) is 12.4 Å². The highest BCUT2D eigenvalue weighted by Crippen LogP contribution is 2.45. The van der Waals surface area contributed by atoms with Crippen LogP contribution in [0.5, 0.6) is 5.75 Å². The van der Waals surface area contributed by atoms with Gasteiger partial charge in [0.15, 0.2) is 5.78 Å². The maximum absolute atomic E-state index is 13.4. The van der Waals surface area contributed by atoms with Crippen molar-refractivity contribution >= 4 is 11.8 Å². The first kappa shape index (κ1) is 20.7. The van der Waals surface area contributed by atoms with Crippen LogP contribution in [-0.2, 0) is 14.3 Å². The molecule has 0 aromatic heterocycles. The predicted octanol–water partition coefficient (Wildman–Crippen LogP) is 4.48. The van der Waals surface area contributed by atoms with Gasteiger partial charge in [0, 0.05) is 29.3 Å². The molecular formula is C26H25NO4. The molecule has 0 saturated carbocycles. The number of phenolic OH excluding ortho intramolecular Hbond substituents is 1. The number of carbonyl (C=O) groups excluding carboxylic acids is 2. The van der Waals surface area contributed by atoms with Gasteiger partial charge >= 0.3 is 5.97 Å². The lowest BCUT2D eigenvalue weighted by atomic mass is 9.72. The number of esters is 1. The molecule has 0 saturated heterocycles. The summed E-state index contributed by atoms with van der Waals surface area (Å²) in [7, 11) is 0. The topological polar surface area (TPSA) is 75.6 Å². The maximum Gasteiger partial charge on any atom is 0.337 e. The molecule has 4 rings (SSSR count). The number of dihydropyridines is 1. The normalized spacial score (nSPS) is 20.7. The highest BCUT2D eigenvalue weighted by atomic mass is 16.5. The largest absolute Gasteiger partial charge is 0.508 e.